The van der Waals surface area contributed by atoms with Gasteiger partial charge in [-0.25, -0.2) is 14.4 Å². The van der Waals surface area contributed by atoms with Crippen molar-refractivity contribution in [2.45, 2.75) is 0 Å². The number of non-ortho nitro benzene ring substituents is 1. The van der Waals surface area contributed by atoms with E-state index < -0.39 is 4.92 Å². The van der Waals surface area contributed by atoms with Crippen molar-refractivity contribution in [2.75, 3.05) is 0 Å². The highest BCUT2D eigenvalue weighted by atomic mass is 35.5. The van der Waals surface area contributed by atoms with E-state index >= 15 is 0 Å². The van der Waals surface area contributed by atoms with E-state index in [0.717, 1.165) is 11.4 Å². The lowest BCUT2D eigenvalue weighted by Gasteiger charge is -2.05. The first-order chi connectivity index (χ1) is 14.0. The Bertz CT molecular complexity index is 1520. The smallest absolute Gasteiger partial charge is 0.276 e. The van der Waals surface area contributed by atoms with Crippen molar-refractivity contribution in [1.82, 2.24) is 18.9 Å². The Morgan fingerprint density at radius 1 is 1.21 bits per heavy atom. The third-order valence-corrected chi connectivity index (χ3v) is 5.62. The molecule has 8 nitrogen and oxygen atoms in total. The lowest BCUT2D eigenvalue weighted by atomic mass is 10.2. The van der Waals surface area contributed by atoms with E-state index in [1.165, 1.54) is 34.1 Å². The normalized spacial score (nSPS) is 12.2. The van der Waals surface area contributed by atoms with Crippen molar-refractivity contribution in [3.63, 3.8) is 0 Å². The van der Waals surface area contributed by atoms with Gasteiger partial charge >= 0.3 is 0 Å². The van der Waals surface area contributed by atoms with E-state index in [-0.39, 0.29) is 11.2 Å². The summed E-state index contributed by atoms with van der Waals surface area (Å²) in [7, 11) is 0. The molecule has 142 valence electrons. The zero-order chi connectivity index (χ0) is 20.1. The highest BCUT2D eigenvalue weighted by molar-refractivity contribution is 7.15. The second-order valence-corrected chi connectivity index (χ2v) is 7.66. The van der Waals surface area contributed by atoms with Crippen LogP contribution in [0.5, 0.6) is 0 Å². The quantitative estimate of drug-likeness (QED) is 0.328. The number of hydrogen-bond donors (Lipinski definition) is 0. The molecule has 0 radical (unpaired) electrons. The molecule has 0 saturated carbocycles. The summed E-state index contributed by atoms with van der Waals surface area (Å²) in [4.78, 5) is 32.5. The molecular weight excluding hydrogens is 414 g/mol. The summed E-state index contributed by atoms with van der Waals surface area (Å²) < 4.78 is 3.83. The maximum absolute atomic E-state index is 12.9. The number of nitrogens with zero attached hydrogens (tertiary/aromatic N) is 5. The summed E-state index contributed by atoms with van der Waals surface area (Å²) in [6.07, 6.45) is 5.08. The van der Waals surface area contributed by atoms with Crippen molar-refractivity contribution in [1.29, 1.82) is 0 Å². The second kappa shape index (κ2) is 6.50. The van der Waals surface area contributed by atoms with Crippen LogP contribution in [0.2, 0.25) is 5.02 Å². The maximum atomic E-state index is 12.9. The Morgan fingerprint density at radius 2 is 2.00 bits per heavy atom. The van der Waals surface area contributed by atoms with Crippen LogP contribution >= 0.6 is 22.9 Å². The summed E-state index contributed by atoms with van der Waals surface area (Å²) >= 11 is 7.21. The van der Waals surface area contributed by atoms with Gasteiger partial charge in [-0.3, -0.25) is 14.9 Å². The van der Waals surface area contributed by atoms with Gasteiger partial charge < -0.3 is 4.57 Å². The molecule has 4 heterocycles. The van der Waals surface area contributed by atoms with E-state index in [2.05, 4.69) is 9.97 Å². The van der Waals surface area contributed by atoms with Crippen LogP contribution in [0.4, 0.5) is 5.69 Å². The molecule has 29 heavy (non-hydrogen) atoms. The molecule has 0 aliphatic rings. The fourth-order valence-corrected chi connectivity index (χ4v) is 4.24. The molecule has 0 aliphatic heterocycles. The predicted octanol–water partition coefficient (Wildman–Crippen LogP) is 3.20. The molecule has 0 saturated heterocycles. The molecule has 0 aliphatic carbocycles. The zero-order valence-electron chi connectivity index (χ0n) is 14.5. The first-order valence-corrected chi connectivity index (χ1v) is 9.61. The van der Waals surface area contributed by atoms with Crippen LogP contribution < -0.4 is 10.1 Å². The number of fused-ring (bicyclic) bond motifs is 3. The first kappa shape index (κ1) is 17.5. The SMILES string of the molecule is O=c1/c(=C/c2cccn2-c2ccc([N+](=O)[O-])cc2)sc2nc3cc(Cl)cnc3n12. The van der Waals surface area contributed by atoms with E-state index in [0.29, 0.717) is 25.7 Å². The Labute approximate surface area is 171 Å². The van der Waals surface area contributed by atoms with Gasteiger partial charge in [0.2, 0.25) is 0 Å². The molecule has 1 aromatic carbocycles. The molecule has 0 amide bonds. The topological polar surface area (TPSA) is 95.3 Å². The van der Waals surface area contributed by atoms with Gasteiger partial charge in [-0.2, -0.15) is 0 Å². The number of benzene rings is 1. The van der Waals surface area contributed by atoms with Crippen molar-refractivity contribution in [2.24, 2.45) is 0 Å². The molecule has 0 atom stereocenters. The van der Waals surface area contributed by atoms with Crippen molar-refractivity contribution in [3.8, 4) is 5.69 Å². The summed E-state index contributed by atoms with van der Waals surface area (Å²) in [5, 5.41) is 11.3. The van der Waals surface area contributed by atoms with Gasteiger partial charge in [0.15, 0.2) is 10.6 Å². The van der Waals surface area contributed by atoms with Crippen LogP contribution in [0.15, 0.2) is 59.7 Å². The van der Waals surface area contributed by atoms with Crippen LogP contribution in [0, 0.1) is 10.1 Å². The summed E-state index contributed by atoms with van der Waals surface area (Å²) in [5.41, 5.74) is 2.37. The molecule has 0 N–H and O–H groups in total. The fraction of sp³-hybridized carbons (Fsp3) is 0. The number of nitro groups is 1. The van der Waals surface area contributed by atoms with Gasteiger partial charge in [0, 0.05) is 35.9 Å². The largest absolute Gasteiger partial charge is 0.317 e. The number of nitro benzene ring substituents is 1. The Hall–Kier alpha value is -3.56. The van der Waals surface area contributed by atoms with Gasteiger partial charge in [0.1, 0.15) is 5.52 Å². The minimum atomic E-state index is -0.441. The van der Waals surface area contributed by atoms with Crippen LogP contribution in [-0.2, 0) is 0 Å². The van der Waals surface area contributed by atoms with Gasteiger partial charge in [-0.1, -0.05) is 22.9 Å². The Kier molecular flexibility index (Phi) is 3.93. The van der Waals surface area contributed by atoms with E-state index in [1.54, 1.807) is 24.3 Å². The lowest BCUT2D eigenvalue weighted by molar-refractivity contribution is -0.384. The number of halogens is 1. The van der Waals surface area contributed by atoms with Crippen LogP contribution in [0.3, 0.4) is 0 Å². The van der Waals surface area contributed by atoms with E-state index in [9.17, 15) is 14.9 Å². The number of rotatable bonds is 3. The summed E-state index contributed by atoms with van der Waals surface area (Å²) in [6, 6.07) is 11.6. The van der Waals surface area contributed by atoms with Gasteiger partial charge in [0.05, 0.1) is 14.5 Å². The predicted molar refractivity (Wildman–Crippen MR) is 111 cm³/mol. The van der Waals surface area contributed by atoms with Crippen molar-refractivity contribution < 1.29 is 4.92 Å². The number of hydrogen-bond acceptors (Lipinski definition) is 6. The van der Waals surface area contributed by atoms with Crippen LogP contribution in [0.1, 0.15) is 5.69 Å². The molecule has 5 rings (SSSR count). The zero-order valence-corrected chi connectivity index (χ0v) is 16.1. The third kappa shape index (κ3) is 2.87. The van der Waals surface area contributed by atoms with Gasteiger partial charge in [0.25, 0.3) is 11.2 Å². The van der Waals surface area contributed by atoms with Crippen molar-refractivity contribution in [3.05, 3.63) is 90.6 Å². The third-order valence-electron chi connectivity index (χ3n) is 4.45. The minimum Gasteiger partial charge on any atom is -0.317 e. The minimum absolute atomic E-state index is 0.0206. The number of imidazole rings is 1. The fourth-order valence-electron chi connectivity index (χ4n) is 3.13. The molecule has 4 aromatic heterocycles. The lowest BCUT2D eigenvalue weighted by Crippen LogP contribution is -2.23. The molecule has 0 bridgehead atoms. The van der Waals surface area contributed by atoms with E-state index in [4.69, 9.17) is 11.6 Å². The molecule has 0 unspecified atom stereocenters. The second-order valence-electron chi connectivity index (χ2n) is 6.22. The number of pyridine rings is 1. The molecule has 0 fully saturated rings. The highest BCUT2D eigenvalue weighted by Gasteiger charge is 2.13. The maximum Gasteiger partial charge on any atom is 0.276 e. The Morgan fingerprint density at radius 3 is 2.76 bits per heavy atom. The Balaban J connectivity index is 1.64. The number of aromatic nitrogens is 4. The van der Waals surface area contributed by atoms with Crippen LogP contribution in [0.25, 0.3) is 27.9 Å². The standard InChI is InChI=1S/C19H10ClN5O3S/c20-11-8-15-17(21-10-11)24-18(26)16(29-19(24)22-15)9-14-2-1-7-23(14)12-3-5-13(6-4-12)25(27)28/h1-10H/b16-9-. The molecular formula is C19H10ClN5O3S. The molecule has 0 spiro atoms. The van der Waals surface area contributed by atoms with Gasteiger partial charge in [-0.15, -0.1) is 0 Å². The van der Waals surface area contributed by atoms with Crippen molar-refractivity contribution >= 4 is 50.8 Å². The summed E-state index contributed by atoms with van der Waals surface area (Å²) in [5.74, 6) is 0. The molecule has 5 aromatic rings. The highest BCUT2D eigenvalue weighted by Crippen LogP contribution is 2.20. The van der Waals surface area contributed by atoms with E-state index in [1.807, 2.05) is 22.9 Å². The molecule has 10 heteroatoms. The van der Waals surface area contributed by atoms with Crippen LogP contribution in [-0.4, -0.2) is 23.9 Å². The summed E-state index contributed by atoms with van der Waals surface area (Å²) in [6.45, 7) is 0. The monoisotopic (exact) mass is 423 g/mol. The average Bonchev–Trinajstić information content (AvgIpc) is 3.37. The average molecular weight is 424 g/mol. The number of thiazole rings is 1. The van der Waals surface area contributed by atoms with Gasteiger partial charge in [-0.05, 0) is 36.4 Å². The first-order valence-electron chi connectivity index (χ1n) is 8.42.